The first-order chi connectivity index (χ1) is 9.79. The molecule has 3 rings (SSSR count). The average molecular weight is 264 g/mol. The first kappa shape index (κ1) is 12.7. The van der Waals surface area contributed by atoms with Crippen LogP contribution in [0.15, 0.2) is 55.1 Å². The highest BCUT2D eigenvalue weighted by molar-refractivity contribution is 6.06. The van der Waals surface area contributed by atoms with Gasteiger partial charge in [0.15, 0.2) is 0 Å². The molecule has 0 amide bonds. The van der Waals surface area contributed by atoms with Crippen molar-refractivity contribution in [3.63, 3.8) is 0 Å². The molecule has 0 bridgehead atoms. The van der Waals surface area contributed by atoms with Gasteiger partial charge in [0.25, 0.3) is 0 Å². The van der Waals surface area contributed by atoms with Crippen molar-refractivity contribution in [2.75, 3.05) is 0 Å². The highest BCUT2D eigenvalue weighted by Gasteiger charge is 2.18. The lowest BCUT2D eigenvalue weighted by molar-refractivity contribution is 0.0397. The monoisotopic (exact) mass is 264 g/mol. The van der Waals surface area contributed by atoms with Crippen molar-refractivity contribution < 1.29 is 9.53 Å². The lowest BCUT2D eigenvalue weighted by Crippen LogP contribution is -2.14. The molecular formula is C18H16O2. The van der Waals surface area contributed by atoms with Crippen LogP contribution in [0, 0.1) is 0 Å². The number of fused-ring (bicyclic) bond motifs is 1. The van der Waals surface area contributed by atoms with Gasteiger partial charge in [0.1, 0.15) is 6.10 Å². The lowest BCUT2D eigenvalue weighted by Gasteiger charge is -2.12. The summed E-state index contributed by atoms with van der Waals surface area (Å²) in [4.78, 5) is 12.3. The molecule has 0 N–H and O–H groups in total. The number of esters is 1. The van der Waals surface area contributed by atoms with E-state index in [1.807, 2.05) is 42.5 Å². The Morgan fingerprint density at radius 2 is 2.00 bits per heavy atom. The molecule has 1 aliphatic rings. The lowest BCUT2D eigenvalue weighted by atomic mass is 9.99. The Labute approximate surface area is 118 Å². The molecule has 0 saturated carbocycles. The zero-order valence-electron chi connectivity index (χ0n) is 11.2. The molecule has 0 heterocycles. The maximum Gasteiger partial charge on any atom is 0.339 e. The van der Waals surface area contributed by atoms with E-state index in [1.54, 1.807) is 6.08 Å². The highest BCUT2D eigenvalue weighted by atomic mass is 16.5. The van der Waals surface area contributed by atoms with Gasteiger partial charge in [-0.15, -0.1) is 0 Å². The molecule has 1 aliphatic carbocycles. The van der Waals surface area contributed by atoms with Crippen LogP contribution in [-0.4, -0.2) is 12.1 Å². The van der Waals surface area contributed by atoms with Crippen molar-refractivity contribution in [2.45, 2.75) is 18.9 Å². The smallest absolute Gasteiger partial charge is 0.339 e. The Bertz CT molecular complexity index is 698. The van der Waals surface area contributed by atoms with Crippen molar-refractivity contribution in [3.8, 4) is 0 Å². The van der Waals surface area contributed by atoms with Gasteiger partial charge in [0.2, 0.25) is 0 Å². The van der Waals surface area contributed by atoms with Crippen molar-refractivity contribution in [1.82, 2.24) is 0 Å². The SMILES string of the molecule is C=Cc1ccc(C(=O)OC2C=CCC2)c2ccccc12. The third-order valence-electron chi connectivity index (χ3n) is 3.62. The molecule has 0 aliphatic heterocycles. The molecule has 2 aromatic carbocycles. The largest absolute Gasteiger partial charge is 0.455 e. The van der Waals surface area contributed by atoms with Gasteiger partial charge >= 0.3 is 5.97 Å². The fraction of sp³-hybridized carbons (Fsp3) is 0.167. The molecule has 1 atom stereocenters. The van der Waals surface area contributed by atoms with E-state index in [2.05, 4.69) is 12.7 Å². The van der Waals surface area contributed by atoms with E-state index in [9.17, 15) is 4.79 Å². The van der Waals surface area contributed by atoms with Gasteiger partial charge in [0, 0.05) is 0 Å². The van der Waals surface area contributed by atoms with Crippen LogP contribution in [-0.2, 0) is 4.74 Å². The van der Waals surface area contributed by atoms with Gasteiger partial charge in [-0.25, -0.2) is 4.79 Å². The Morgan fingerprint density at radius 3 is 2.70 bits per heavy atom. The van der Waals surface area contributed by atoms with Crippen LogP contribution in [0.2, 0.25) is 0 Å². The van der Waals surface area contributed by atoms with E-state index in [4.69, 9.17) is 4.74 Å². The third kappa shape index (κ3) is 2.25. The number of hydrogen-bond donors (Lipinski definition) is 0. The minimum Gasteiger partial charge on any atom is -0.455 e. The quantitative estimate of drug-likeness (QED) is 0.608. The van der Waals surface area contributed by atoms with Gasteiger partial charge in [-0.2, -0.15) is 0 Å². The predicted molar refractivity (Wildman–Crippen MR) is 81.6 cm³/mol. The maximum atomic E-state index is 12.3. The number of benzene rings is 2. The number of hydrogen-bond acceptors (Lipinski definition) is 2. The minimum atomic E-state index is -0.256. The number of rotatable bonds is 3. The van der Waals surface area contributed by atoms with Crippen molar-refractivity contribution in [3.05, 3.63) is 66.3 Å². The summed E-state index contributed by atoms with van der Waals surface area (Å²) >= 11 is 0. The second kappa shape index (κ2) is 5.33. The Hall–Kier alpha value is -2.35. The zero-order chi connectivity index (χ0) is 13.9. The first-order valence-corrected chi connectivity index (χ1v) is 6.81. The van der Waals surface area contributed by atoms with E-state index in [1.165, 1.54) is 0 Å². The van der Waals surface area contributed by atoms with Crippen LogP contribution in [0.25, 0.3) is 16.8 Å². The maximum absolute atomic E-state index is 12.3. The fourth-order valence-corrected chi connectivity index (χ4v) is 2.58. The van der Waals surface area contributed by atoms with Crippen molar-refractivity contribution in [1.29, 1.82) is 0 Å². The average Bonchev–Trinajstić information content (AvgIpc) is 2.99. The van der Waals surface area contributed by atoms with Gasteiger partial charge in [-0.1, -0.05) is 49.1 Å². The molecule has 0 radical (unpaired) electrons. The predicted octanol–water partition coefficient (Wildman–Crippen LogP) is 4.36. The molecule has 0 fully saturated rings. The van der Waals surface area contributed by atoms with Gasteiger partial charge in [-0.05, 0) is 41.3 Å². The van der Waals surface area contributed by atoms with Crippen LogP contribution in [0.3, 0.4) is 0 Å². The summed E-state index contributed by atoms with van der Waals surface area (Å²) in [7, 11) is 0. The molecule has 2 nitrogen and oxygen atoms in total. The van der Waals surface area contributed by atoms with Crippen LogP contribution >= 0.6 is 0 Å². The third-order valence-corrected chi connectivity index (χ3v) is 3.62. The van der Waals surface area contributed by atoms with E-state index < -0.39 is 0 Å². The van der Waals surface area contributed by atoms with Crippen molar-refractivity contribution in [2.24, 2.45) is 0 Å². The van der Waals surface area contributed by atoms with E-state index in [-0.39, 0.29) is 12.1 Å². The number of ether oxygens (including phenoxy) is 1. The van der Waals surface area contributed by atoms with Crippen molar-refractivity contribution >= 4 is 22.8 Å². The molecule has 2 heteroatoms. The van der Waals surface area contributed by atoms with E-state index >= 15 is 0 Å². The van der Waals surface area contributed by atoms with Gasteiger partial charge < -0.3 is 4.74 Å². The topological polar surface area (TPSA) is 26.3 Å². The summed E-state index contributed by atoms with van der Waals surface area (Å²) in [6.45, 7) is 3.81. The normalized spacial score (nSPS) is 17.3. The highest BCUT2D eigenvalue weighted by Crippen LogP contribution is 2.25. The summed E-state index contributed by atoms with van der Waals surface area (Å²) in [5.41, 5.74) is 1.64. The van der Waals surface area contributed by atoms with E-state index in [0.29, 0.717) is 5.56 Å². The number of carbonyl (C=O) groups excluding carboxylic acids is 1. The second-order valence-corrected chi connectivity index (χ2v) is 4.90. The Morgan fingerprint density at radius 1 is 1.20 bits per heavy atom. The van der Waals surface area contributed by atoms with Crippen LogP contribution in [0.4, 0.5) is 0 Å². The molecule has 0 saturated heterocycles. The summed E-state index contributed by atoms with van der Waals surface area (Å²) in [5.74, 6) is -0.256. The first-order valence-electron chi connectivity index (χ1n) is 6.81. The van der Waals surface area contributed by atoms with Crippen LogP contribution in [0.5, 0.6) is 0 Å². The number of allylic oxidation sites excluding steroid dienone is 1. The summed E-state index contributed by atoms with van der Waals surface area (Å²) in [5, 5.41) is 1.94. The standard InChI is InChI=1S/C18H16O2/c1-2-13-11-12-17(16-10-6-5-9-15(13)16)18(19)20-14-7-3-4-8-14/h2-3,5-7,9-12,14H,1,4,8H2. The van der Waals surface area contributed by atoms with Gasteiger partial charge in [0.05, 0.1) is 5.56 Å². The molecule has 0 aromatic heterocycles. The Balaban J connectivity index is 2.01. The molecule has 20 heavy (non-hydrogen) atoms. The summed E-state index contributed by atoms with van der Waals surface area (Å²) in [6.07, 6.45) is 7.59. The van der Waals surface area contributed by atoms with Crippen LogP contribution < -0.4 is 0 Å². The summed E-state index contributed by atoms with van der Waals surface area (Å²) in [6, 6.07) is 11.6. The van der Waals surface area contributed by atoms with Crippen LogP contribution in [0.1, 0.15) is 28.8 Å². The fourth-order valence-electron chi connectivity index (χ4n) is 2.58. The molecule has 1 unspecified atom stereocenters. The zero-order valence-corrected chi connectivity index (χ0v) is 11.2. The molecular weight excluding hydrogens is 248 g/mol. The Kier molecular flexibility index (Phi) is 3.38. The minimum absolute atomic E-state index is 0.0830. The second-order valence-electron chi connectivity index (χ2n) is 4.90. The number of carbonyl (C=O) groups is 1. The molecule has 2 aromatic rings. The van der Waals surface area contributed by atoms with Gasteiger partial charge in [-0.3, -0.25) is 0 Å². The summed E-state index contributed by atoms with van der Waals surface area (Å²) < 4.78 is 5.53. The molecule has 100 valence electrons. The molecule has 0 spiro atoms. The van der Waals surface area contributed by atoms with E-state index in [0.717, 1.165) is 29.2 Å².